The van der Waals surface area contributed by atoms with Gasteiger partial charge in [-0.3, -0.25) is 9.69 Å². The predicted octanol–water partition coefficient (Wildman–Crippen LogP) is 7.45. The summed E-state index contributed by atoms with van der Waals surface area (Å²) in [6.07, 6.45) is 9.54. The number of hydrogen-bond acceptors (Lipinski definition) is 13. The number of halogens is 1. The van der Waals surface area contributed by atoms with Crippen LogP contribution < -0.4 is 29.9 Å². The topological polar surface area (TPSA) is 160 Å². The number of benzene rings is 2. The molecule has 3 aromatic heterocycles. The van der Waals surface area contributed by atoms with Crippen molar-refractivity contribution < 1.29 is 19.4 Å². The molecule has 1 saturated carbocycles. The number of carbonyl (C=O) groups is 1. The van der Waals surface area contributed by atoms with Crippen LogP contribution in [-0.2, 0) is 13.0 Å². The zero-order chi connectivity index (χ0) is 48.3. The van der Waals surface area contributed by atoms with Gasteiger partial charge >= 0.3 is 0 Å². The van der Waals surface area contributed by atoms with E-state index < -0.39 is 0 Å². The minimum Gasteiger partial charge on any atom is -0.489 e. The summed E-state index contributed by atoms with van der Waals surface area (Å²) in [7, 11) is 0. The molecule has 4 aliphatic rings. The number of aromatic nitrogens is 4. The summed E-state index contributed by atoms with van der Waals surface area (Å²) in [5.74, 6) is 2.99. The van der Waals surface area contributed by atoms with Crippen LogP contribution in [0.15, 0.2) is 73.1 Å². The molecule has 1 amide bonds. The van der Waals surface area contributed by atoms with Gasteiger partial charge in [0.2, 0.25) is 5.88 Å². The van der Waals surface area contributed by atoms with Crippen molar-refractivity contribution in [1.29, 1.82) is 5.26 Å². The number of nitriles is 1. The molecule has 4 fully saturated rings. The first-order chi connectivity index (χ1) is 33.4. The number of rotatable bonds is 18. The fourth-order valence-electron chi connectivity index (χ4n) is 11.4. The Morgan fingerprint density at radius 3 is 2.45 bits per heavy atom. The molecule has 2 aromatic carbocycles. The molecule has 0 bridgehead atoms. The van der Waals surface area contributed by atoms with E-state index in [4.69, 9.17) is 26.1 Å². The second-order valence-corrected chi connectivity index (χ2v) is 20.9. The molecule has 1 aliphatic carbocycles. The molecule has 15 nitrogen and oxygen atoms in total. The van der Waals surface area contributed by atoms with Crippen LogP contribution >= 0.6 is 11.6 Å². The van der Waals surface area contributed by atoms with E-state index in [0.717, 1.165) is 119 Å². The van der Waals surface area contributed by atoms with Crippen molar-refractivity contribution in [2.45, 2.75) is 104 Å². The highest BCUT2D eigenvalue weighted by atomic mass is 35.5. The van der Waals surface area contributed by atoms with E-state index in [1.54, 1.807) is 18.2 Å². The first-order valence-electron chi connectivity index (χ1n) is 24.9. The molecule has 3 saturated heterocycles. The zero-order valence-corrected chi connectivity index (χ0v) is 41.6. The maximum absolute atomic E-state index is 13.5. The van der Waals surface area contributed by atoms with Gasteiger partial charge in [-0.2, -0.15) is 14.9 Å². The fraction of sp³-hybridized carbons (Fsp3) is 0.528. The van der Waals surface area contributed by atoms with E-state index in [1.807, 2.05) is 35.1 Å². The molecule has 366 valence electrons. The van der Waals surface area contributed by atoms with Crippen molar-refractivity contribution in [3.8, 4) is 17.7 Å². The summed E-state index contributed by atoms with van der Waals surface area (Å²) < 4.78 is 14.4. The standard InChI is InChI=1S/C53H68ClN11O4/c1-6-37-33-58-65-45(29-46(59-48(37)65)64-21-8-7-10-41(64)19-26-66)56-31-36-11-18-47(57-32-36)68-27-9-20-61-22-24-62(25-23-61)42-34-63(35-42)40-15-12-38(13-16-40)49(67)60-50-52(2,3)51(53(50,4)5)69-43-17-14-39(30-55)44(54)28-43/h11-18,28-29,32-33,41-42,50-51,56,66H,6-10,19-27,31,34-35H2,1-5H3,(H,60,67)/t41-,50?,51?/m0/s1. The smallest absolute Gasteiger partial charge is 0.251 e. The van der Waals surface area contributed by atoms with Gasteiger partial charge in [0.05, 0.1) is 23.4 Å². The first kappa shape index (κ1) is 48.4. The van der Waals surface area contributed by atoms with E-state index >= 15 is 0 Å². The number of pyridine rings is 1. The molecule has 9 rings (SSSR count). The van der Waals surface area contributed by atoms with Gasteiger partial charge in [-0.05, 0) is 80.5 Å². The van der Waals surface area contributed by atoms with Crippen molar-refractivity contribution in [1.82, 2.24) is 34.7 Å². The zero-order valence-electron chi connectivity index (χ0n) is 40.8. The Balaban J connectivity index is 0.673. The summed E-state index contributed by atoms with van der Waals surface area (Å²) in [6.45, 7) is 20.1. The van der Waals surface area contributed by atoms with E-state index in [2.05, 4.69) is 105 Å². The molecule has 0 unspecified atom stereocenters. The average Bonchev–Trinajstić information content (AvgIpc) is 3.77. The largest absolute Gasteiger partial charge is 0.489 e. The number of amides is 1. The van der Waals surface area contributed by atoms with Gasteiger partial charge in [0.15, 0.2) is 5.65 Å². The number of nitrogens with zero attached hydrogens (tertiary/aromatic N) is 9. The highest BCUT2D eigenvalue weighted by molar-refractivity contribution is 6.31. The van der Waals surface area contributed by atoms with Gasteiger partial charge in [-0.15, -0.1) is 0 Å². The number of piperazine rings is 1. The lowest BCUT2D eigenvalue weighted by Crippen LogP contribution is -2.74. The van der Waals surface area contributed by atoms with Crippen LogP contribution in [0.5, 0.6) is 11.6 Å². The minimum absolute atomic E-state index is 0.0886. The molecule has 6 heterocycles. The number of anilines is 3. The maximum atomic E-state index is 13.5. The molecule has 0 spiro atoms. The number of aliphatic hydroxyl groups is 1. The molecule has 69 heavy (non-hydrogen) atoms. The minimum atomic E-state index is -0.333. The molecule has 5 aromatic rings. The molecule has 16 heteroatoms. The number of ether oxygens (including phenoxy) is 2. The van der Waals surface area contributed by atoms with Gasteiger partial charge in [0, 0.05) is 136 Å². The van der Waals surface area contributed by atoms with Gasteiger partial charge in [0.1, 0.15) is 29.6 Å². The second-order valence-electron chi connectivity index (χ2n) is 20.5. The third-order valence-electron chi connectivity index (χ3n) is 15.1. The number of piperidine rings is 1. The molecule has 1 atom stereocenters. The Hall–Kier alpha value is -5.66. The van der Waals surface area contributed by atoms with E-state index in [9.17, 15) is 15.2 Å². The Morgan fingerprint density at radius 1 is 0.971 bits per heavy atom. The van der Waals surface area contributed by atoms with Crippen LogP contribution in [0.25, 0.3) is 5.65 Å². The Bertz CT molecular complexity index is 2580. The first-order valence-corrected chi connectivity index (χ1v) is 25.3. The summed E-state index contributed by atoms with van der Waals surface area (Å²) >= 11 is 6.27. The lowest BCUT2D eigenvalue weighted by Gasteiger charge is -2.63. The predicted molar refractivity (Wildman–Crippen MR) is 271 cm³/mol. The number of aliphatic hydroxyl groups excluding tert-OH is 1. The van der Waals surface area contributed by atoms with E-state index in [1.165, 1.54) is 6.42 Å². The second kappa shape index (κ2) is 20.7. The van der Waals surface area contributed by atoms with Crippen molar-refractivity contribution in [3.05, 3.63) is 100 Å². The molecule has 3 N–H and O–H groups in total. The summed E-state index contributed by atoms with van der Waals surface area (Å²) in [5, 5.41) is 30.9. The van der Waals surface area contributed by atoms with Crippen molar-refractivity contribution >= 4 is 40.5 Å². The van der Waals surface area contributed by atoms with E-state index in [-0.39, 0.29) is 41.5 Å². The number of hydrogen-bond donors (Lipinski definition) is 3. The Morgan fingerprint density at radius 2 is 1.75 bits per heavy atom. The SMILES string of the molecule is CCc1cnn2c(NCc3ccc(OCCCN4CCN(C5CN(c6ccc(C(=O)NC7C(C)(C)C(Oc8ccc(C#N)c(Cl)c8)C7(C)C)cc6)C5)CC4)nc3)cc(N3CCCC[C@H]3CCO)nc12. The number of fused-ring (bicyclic) bond motifs is 1. The summed E-state index contributed by atoms with van der Waals surface area (Å²) in [6, 6.07) is 22.0. The monoisotopic (exact) mass is 958 g/mol. The van der Waals surface area contributed by atoms with Crippen LogP contribution in [0.1, 0.15) is 93.8 Å². The third kappa shape index (κ3) is 10.3. The molecular weight excluding hydrogens is 890 g/mol. The lowest BCUT2D eigenvalue weighted by atomic mass is 9.49. The van der Waals surface area contributed by atoms with Crippen molar-refractivity contribution in [2.75, 3.05) is 80.7 Å². The fourth-order valence-corrected chi connectivity index (χ4v) is 11.6. The van der Waals surface area contributed by atoms with Gasteiger partial charge in [-0.25, -0.2) is 9.97 Å². The lowest BCUT2D eigenvalue weighted by molar-refractivity contribution is -0.164. The van der Waals surface area contributed by atoms with Crippen LogP contribution in [0, 0.1) is 22.2 Å². The Kier molecular flexibility index (Phi) is 14.5. The maximum Gasteiger partial charge on any atom is 0.251 e. The van der Waals surface area contributed by atoms with Gasteiger partial charge < -0.3 is 39.9 Å². The van der Waals surface area contributed by atoms with Crippen LogP contribution in [0.2, 0.25) is 5.02 Å². The van der Waals surface area contributed by atoms with Crippen molar-refractivity contribution in [2.24, 2.45) is 10.8 Å². The third-order valence-corrected chi connectivity index (χ3v) is 15.5. The molecule has 3 aliphatic heterocycles. The van der Waals surface area contributed by atoms with Crippen LogP contribution in [0.4, 0.5) is 17.3 Å². The quantitative estimate of drug-likeness (QED) is 0.0745. The number of aryl methyl sites for hydroxylation is 1. The highest BCUT2D eigenvalue weighted by Gasteiger charge is 2.64. The molecule has 0 radical (unpaired) electrons. The van der Waals surface area contributed by atoms with Crippen LogP contribution in [0.3, 0.4) is 0 Å². The Labute approximate surface area is 411 Å². The highest BCUT2D eigenvalue weighted by Crippen LogP contribution is 2.55. The van der Waals surface area contributed by atoms with Gasteiger partial charge in [-0.1, -0.05) is 52.3 Å². The van der Waals surface area contributed by atoms with Gasteiger partial charge in [0.25, 0.3) is 5.91 Å². The average molecular weight is 959 g/mol. The van der Waals surface area contributed by atoms with Crippen molar-refractivity contribution in [3.63, 3.8) is 0 Å². The molecular formula is C53H68ClN11O4. The number of nitrogens with one attached hydrogen (secondary N) is 2. The number of carbonyl (C=O) groups excluding carboxylic acids is 1. The van der Waals surface area contributed by atoms with Crippen LogP contribution in [-0.4, -0.2) is 130 Å². The summed E-state index contributed by atoms with van der Waals surface area (Å²) in [4.78, 5) is 33.1. The normalized spacial score (nSPS) is 21.6. The summed E-state index contributed by atoms with van der Waals surface area (Å²) in [5.41, 5.74) is 4.57. The van der Waals surface area contributed by atoms with E-state index in [0.29, 0.717) is 47.0 Å².